The van der Waals surface area contributed by atoms with E-state index in [9.17, 15) is 13.2 Å². The summed E-state index contributed by atoms with van der Waals surface area (Å²) in [6.07, 6.45) is 5.53. The summed E-state index contributed by atoms with van der Waals surface area (Å²) in [5.74, 6) is 0.541. The summed E-state index contributed by atoms with van der Waals surface area (Å²) in [5, 5.41) is 6.22. The van der Waals surface area contributed by atoms with Crippen LogP contribution in [0.25, 0.3) is 0 Å². The number of hydrogen-bond donors (Lipinski definition) is 2. The van der Waals surface area contributed by atoms with Gasteiger partial charge in [-0.25, -0.2) is 8.42 Å². The fourth-order valence-electron chi connectivity index (χ4n) is 4.26. The van der Waals surface area contributed by atoms with Gasteiger partial charge in [0.05, 0.1) is 4.90 Å². The van der Waals surface area contributed by atoms with Crippen molar-refractivity contribution in [3.63, 3.8) is 0 Å². The quantitative estimate of drug-likeness (QED) is 0.750. The number of fused-ring (bicyclic) bond motifs is 1. The fourth-order valence-corrected chi connectivity index (χ4v) is 5.78. The molecule has 2 heterocycles. The summed E-state index contributed by atoms with van der Waals surface area (Å²) in [6.45, 7) is 3.50. The van der Waals surface area contributed by atoms with Crippen molar-refractivity contribution in [3.8, 4) is 0 Å². The Balaban J connectivity index is 0.00000225. The molecular formula is C20H30ClN3O3S. The molecule has 0 atom stereocenters. The molecular weight excluding hydrogens is 398 g/mol. The number of sulfonamides is 1. The normalized spacial score (nSPS) is 21.3. The van der Waals surface area contributed by atoms with Gasteiger partial charge in [0.15, 0.2) is 0 Å². The van der Waals surface area contributed by atoms with Crippen molar-refractivity contribution in [2.24, 2.45) is 11.8 Å². The molecule has 0 aromatic heterocycles. The maximum Gasteiger partial charge on any atom is 0.243 e. The van der Waals surface area contributed by atoms with Gasteiger partial charge in [0, 0.05) is 44.6 Å². The first-order valence-corrected chi connectivity index (χ1v) is 11.6. The van der Waals surface area contributed by atoms with Gasteiger partial charge in [0.1, 0.15) is 0 Å². The maximum atomic E-state index is 13.0. The van der Waals surface area contributed by atoms with E-state index in [-0.39, 0.29) is 24.2 Å². The molecule has 3 aliphatic rings. The zero-order chi connectivity index (χ0) is 18.9. The summed E-state index contributed by atoms with van der Waals surface area (Å²) in [7, 11) is -3.47. The second-order valence-electron chi connectivity index (χ2n) is 8.09. The third-order valence-corrected chi connectivity index (χ3v) is 8.11. The summed E-state index contributed by atoms with van der Waals surface area (Å²) in [5.41, 5.74) is 2.47. The topological polar surface area (TPSA) is 78.5 Å². The van der Waals surface area contributed by atoms with Crippen molar-refractivity contribution in [1.29, 1.82) is 0 Å². The Morgan fingerprint density at radius 2 is 1.79 bits per heavy atom. The standard InChI is InChI=1S/C20H29N3O3S.ClH/c24-20(22-14-15-12-21-13-15)17-7-9-23(10-8-17)27(25,26)19-6-5-16-3-1-2-4-18(16)11-19;/h5-6,11,15,17,21H,1-4,7-10,12-14H2,(H,22,24);1H. The number of nitrogens with zero attached hydrogens (tertiary/aromatic N) is 1. The van der Waals surface area contributed by atoms with Crippen LogP contribution in [0.15, 0.2) is 23.1 Å². The van der Waals surface area contributed by atoms with E-state index < -0.39 is 10.0 Å². The van der Waals surface area contributed by atoms with E-state index in [0.29, 0.717) is 36.7 Å². The minimum absolute atomic E-state index is 0. The number of halogens is 1. The van der Waals surface area contributed by atoms with Gasteiger partial charge in [-0.2, -0.15) is 4.31 Å². The first-order chi connectivity index (χ1) is 13.0. The molecule has 2 fully saturated rings. The molecule has 2 saturated heterocycles. The van der Waals surface area contributed by atoms with E-state index in [4.69, 9.17) is 0 Å². The maximum absolute atomic E-state index is 13.0. The van der Waals surface area contributed by atoms with Crippen LogP contribution in [0.5, 0.6) is 0 Å². The van der Waals surface area contributed by atoms with Crippen LogP contribution in [-0.2, 0) is 27.7 Å². The highest BCUT2D eigenvalue weighted by Gasteiger charge is 2.32. The van der Waals surface area contributed by atoms with E-state index in [0.717, 1.165) is 38.9 Å². The lowest BCUT2D eigenvalue weighted by molar-refractivity contribution is -0.126. The van der Waals surface area contributed by atoms with Gasteiger partial charge < -0.3 is 10.6 Å². The average molecular weight is 428 g/mol. The summed E-state index contributed by atoms with van der Waals surface area (Å²) < 4.78 is 27.6. The molecule has 1 aromatic carbocycles. The van der Waals surface area contributed by atoms with Crippen LogP contribution in [0.2, 0.25) is 0 Å². The molecule has 0 radical (unpaired) electrons. The van der Waals surface area contributed by atoms with Crippen LogP contribution in [0.4, 0.5) is 0 Å². The molecule has 8 heteroatoms. The third-order valence-electron chi connectivity index (χ3n) is 6.21. The number of rotatable bonds is 5. The van der Waals surface area contributed by atoms with E-state index >= 15 is 0 Å². The van der Waals surface area contributed by atoms with Crippen LogP contribution in [0.1, 0.15) is 36.8 Å². The Bertz CT molecular complexity index is 803. The predicted octanol–water partition coefficient (Wildman–Crippen LogP) is 1.72. The minimum atomic E-state index is -3.47. The third kappa shape index (κ3) is 4.53. The highest BCUT2D eigenvalue weighted by Crippen LogP contribution is 2.28. The molecule has 2 aliphatic heterocycles. The molecule has 1 aromatic rings. The number of carbonyl (C=O) groups excluding carboxylic acids is 1. The van der Waals surface area contributed by atoms with Crippen LogP contribution >= 0.6 is 12.4 Å². The molecule has 6 nitrogen and oxygen atoms in total. The van der Waals surface area contributed by atoms with Gasteiger partial charge in [0.2, 0.25) is 15.9 Å². The van der Waals surface area contributed by atoms with Crippen LogP contribution < -0.4 is 10.6 Å². The van der Waals surface area contributed by atoms with Crippen molar-refractivity contribution in [1.82, 2.24) is 14.9 Å². The lowest BCUT2D eigenvalue weighted by Gasteiger charge is -2.32. The number of aryl methyl sites for hydroxylation is 2. The van der Waals surface area contributed by atoms with E-state index in [1.807, 2.05) is 12.1 Å². The largest absolute Gasteiger partial charge is 0.355 e. The molecule has 0 saturated carbocycles. The van der Waals surface area contributed by atoms with Gasteiger partial charge in [0.25, 0.3) is 0 Å². The van der Waals surface area contributed by atoms with Crippen molar-refractivity contribution in [2.75, 3.05) is 32.7 Å². The van der Waals surface area contributed by atoms with Gasteiger partial charge in [-0.05, 0) is 61.8 Å². The molecule has 0 bridgehead atoms. The van der Waals surface area contributed by atoms with Gasteiger partial charge in [-0.15, -0.1) is 12.4 Å². The number of nitrogens with one attached hydrogen (secondary N) is 2. The van der Waals surface area contributed by atoms with Gasteiger partial charge in [-0.1, -0.05) is 6.07 Å². The smallest absolute Gasteiger partial charge is 0.243 e. The Morgan fingerprint density at radius 1 is 1.11 bits per heavy atom. The molecule has 0 unspecified atom stereocenters. The van der Waals surface area contributed by atoms with E-state index in [1.54, 1.807) is 10.4 Å². The van der Waals surface area contributed by atoms with Crippen molar-refractivity contribution >= 4 is 28.3 Å². The number of hydrogen-bond acceptors (Lipinski definition) is 4. The van der Waals surface area contributed by atoms with E-state index in [1.165, 1.54) is 17.5 Å². The van der Waals surface area contributed by atoms with Crippen molar-refractivity contribution in [2.45, 2.75) is 43.4 Å². The van der Waals surface area contributed by atoms with Crippen LogP contribution in [0, 0.1) is 11.8 Å². The molecule has 156 valence electrons. The fraction of sp³-hybridized carbons (Fsp3) is 0.650. The van der Waals surface area contributed by atoms with Gasteiger partial charge in [-0.3, -0.25) is 4.79 Å². The predicted molar refractivity (Wildman–Crippen MR) is 111 cm³/mol. The highest BCUT2D eigenvalue weighted by atomic mass is 35.5. The number of carbonyl (C=O) groups is 1. The monoisotopic (exact) mass is 427 g/mol. The first-order valence-electron chi connectivity index (χ1n) is 10.1. The van der Waals surface area contributed by atoms with Crippen LogP contribution in [-0.4, -0.2) is 51.4 Å². The zero-order valence-corrected chi connectivity index (χ0v) is 17.8. The van der Waals surface area contributed by atoms with Crippen molar-refractivity contribution in [3.05, 3.63) is 29.3 Å². The van der Waals surface area contributed by atoms with Gasteiger partial charge >= 0.3 is 0 Å². The zero-order valence-electron chi connectivity index (χ0n) is 16.2. The van der Waals surface area contributed by atoms with Crippen LogP contribution in [0.3, 0.4) is 0 Å². The molecule has 0 spiro atoms. The molecule has 4 rings (SSSR count). The first kappa shape index (κ1) is 21.6. The average Bonchev–Trinajstić information content (AvgIpc) is 2.66. The Kier molecular flexibility index (Phi) is 7.02. The lowest BCUT2D eigenvalue weighted by atomic mass is 9.92. The SMILES string of the molecule is Cl.O=C(NCC1CNC1)C1CCN(S(=O)(=O)c2ccc3c(c2)CCCC3)CC1. The van der Waals surface area contributed by atoms with E-state index in [2.05, 4.69) is 10.6 Å². The Hall–Kier alpha value is -1.15. The Morgan fingerprint density at radius 3 is 2.43 bits per heavy atom. The number of benzene rings is 1. The summed E-state index contributed by atoms with van der Waals surface area (Å²) in [4.78, 5) is 12.7. The molecule has 1 aliphatic carbocycles. The number of amides is 1. The summed E-state index contributed by atoms with van der Waals surface area (Å²) in [6, 6.07) is 5.61. The highest BCUT2D eigenvalue weighted by molar-refractivity contribution is 7.89. The summed E-state index contributed by atoms with van der Waals surface area (Å²) >= 11 is 0. The second-order valence-corrected chi connectivity index (χ2v) is 10.0. The second kappa shape index (κ2) is 9.11. The molecule has 2 N–H and O–H groups in total. The molecule has 28 heavy (non-hydrogen) atoms. The number of piperidine rings is 1. The molecule has 1 amide bonds. The lowest BCUT2D eigenvalue weighted by Crippen LogP contribution is -2.50. The Labute approximate surface area is 173 Å². The minimum Gasteiger partial charge on any atom is -0.355 e. The van der Waals surface area contributed by atoms with Crippen molar-refractivity contribution < 1.29 is 13.2 Å².